The summed E-state index contributed by atoms with van der Waals surface area (Å²) in [6.45, 7) is 5.55. The van der Waals surface area contributed by atoms with E-state index in [4.69, 9.17) is 4.74 Å². The first-order valence-electron chi connectivity index (χ1n) is 9.81. The summed E-state index contributed by atoms with van der Waals surface area (Å²) < 4.78 is 6.69. The molecule has 0 aliphatic heterocycles. The van der Waals surface area contributed by atoms with Crippen LogP contribution in [0.3, 0.4) is 0 Å². The second-order valence-corrected chi connectivity index (χ2v) is 7.47. The highest BCUT2D eigenvalue weighted by Gasteiger charge is 2.25. The van der Waals surface area contributed by atoms with Crippen LogP contribution in [0, 0.1) is 0 Å². The minimum absolute atomic E-state index is 0.0178. The van der Waals surface area contributed by atoms with Gasteiger partial charge in [0.2, 0.25) is 0 Å². The zero-order valence-corrected chi connectivity index (χ0v) is 17.5. The molecule has 0 radical (unpaired) electrons. The van der Waals surface area contributed by atoms with Gasteiger partial charge in [0.1, 0.15) is 0 Å². The van der Waals surface area contributed by atoms with Crippen LogP contribution in [-0.4, -0.2) is 39.7 Å². The normalized spacial score (nSPS) is 12.0. The van der Waals surface area contributed by atoms with Gasteiger partial charge < -0.3 is 9.64 Å². The Morgan fingerprint density at radius 3 is 2.23 bits per heavy atom. The highest BCUT2D eigenvalue weighted by molar-refractivity contribution is 6.02. The van der Waals surface area contributed by atoms with E-state index >= 15 is 0 Å². The molecule has 1 heterocycles. The molecule has 1 atom stereocenters. The quantitative estimate of drug-likeness (QED) is 0.586. The Morgan fingerprint density at radius 1 is 1.00 bits per heavy atom. The number of hydrogen-bond acceptors (Lipinski definition) is 5. The van der Waals surface area contributed by atoms with Crippen LogP contribution in [0.25, 0.3) is 10.8 Å². The molecular formula is C23H25N3O4. The van der Waals surface area contributed by atoms with Crippen molar-refractivity contribution in [2.75, 3.05) is 7.05 Å². The first kappa shape index (κ1) is 21.2. The molecule has 1 amide bonds. The third-order valence-corrected chi connectivity index (χ3v) is 4.78. The van der Waals surface area contributed by atoms with E-state index in [1.54, 1.807) is 31.3 Å². The predicted molar refractivity (Wildman–Crippen MR) is 114 cm³/mol. The van der Waals surface area contributed by atoms with Gasteiger partial charge in [-0.05, 0) is 32.4 Å². The number of benzene rings is 2. The van der Waals surface area contributed by atoms with Gasteiger partial charge in [0, 0.05) is 19.0 Å². The third-order valence-electron chi connectivity index (χ3n) is 4.78. The number of fused-ring (bicyclic) bond motifs is 1. The van der Waals surface area contributed by atoms with E-state index in [0.717, 1.165) is 5.56 Å². The molecule has 0 aliphatic carbocycles. The van der Waals surface area contributed by atoms with Crippen LogP contribution in [0.2, 0.25) is 0 Å². The molecule has 0 saturated carbocycles. The maximum atomic E-state index is 12.9. The van der Waals surface area contributed by atoms with Crippen LogP contribution in [0.1, 0.15) is 42.9 Å². The molecule has 0 bridgehead atoms. The average Bonchev–Trinajstić information content (AvgIpc) is 2.73. The van der Waals surface area contributed by atoms with Gasteiger partial charge in [-0.15, -0.1) is 0 Å². The van der Waals surface area contributed by atoms with E-state index < -0.39 is 12.1 Å². The molecule has 7 nitrogen and oxygen atoms in total. The second kappa shape index (κ2) is 8.90. The summed E-state index contributed by atoms with van der Waals surface area (Å²) in [4.78, 5) is 39.7. The summed E-state index contributed by atoms with van der Waals surface area (Å²) in [6, 6.07) is 16.1. The van der Waals surface area contributed by atoms with Crippen LogP contribution < -0.4 is 5.56 Å². The number of hydrogen-bond donors (Lipinski definition) is 0. The standard InChI is InChI=1S/C23H25N3O4/c1-15(2)26-22(28)19-13-9-8-12-18(19)20(24-26)23(29)30-16(3)21(27)25(4)14-17-10-6-5-7-11-17/h5-13,15-16H,14H2,1-4H3. The third kappa shape index (κ3) is 4.40. The number of rotatable bonds is 6. The van der Waals surface area contributed by atoms with Crippen molar-refractivity contribution >= 4 is 22.6 Å². The fourth-order valence-electron chi connectivity index (χ4n) is 3.22. The smallest absolute Gasteiger partial charge is 0.360 e. The highest BCUT2D eigenvalue weighted by atomic mass is 16.5. The number of esters is 1. The van der Waals surface area contributed by atoms with Crippen LogP contribution in [0.5, 0.6) is 0 Å². The molecule has 2 aromatic carbocycles. The molecule has 0 aliphatic rings. The first-order valence-corrected chi connectivity index (χ1v) is 9.81. The number of carbonyl (C=O) groups is 2. The van der Waals surface area contributed by atoms with E-state index in [1.807, 2.05) is 44.2 Å². The molecule has 3 aromatic rings. The van der Waals surface area contributed by atoms with Gasteiger partial charge in [-0.2, -0.15) is 5.10 Å². The number of aromatic nitrogens is 2. The van der Waals surface area contributed by atoms with Gasteiger partial charge in [-0.1, -0.05) is 48.5 Å². The van der Waals surface area contributed by atoms with Crippen molar-refractivity contribution in [2.45, 2.75) is 39.5 Å². The Kier molecular flexibility index (Phi) is 6.30. The lowest BCUT2D eigenvalue weighted by Crippen LogP contribution is -2.37. The topological polar surface area (TPSA) is 81.5 Å². The second-order valence-electron chi connectivity index (χ2n) is 7.47. The van der Waals surface area contributed by atoms with Gasteiger partial charge in [0.15, 0.2) is 11.8 Å². The lowest BCUT2D eigenvalue weighted by atomic mass is 10.1. The lowest BCUT2D eigenvalue weighted by Gasteiger charge is -2.22. The van der Waals surface area contributed by atoms with Crippen molar-refractivity contribution in [3.8, 4) is 0 Å². The van der Waals surface area contributed by atoms with Crippen molar-refractivity contribution in [2.24, 2.45) is 0 Å². The van der Waals surface area contributed by atoms with Crippen molar-refractivity contribution < 1.29 is 14.3 Å². The van der Waals surface area contributed by atoms with E-state index in [0.29, 0.717) is 17.3 Å². The Labute approximate surface area is 174 Å². The number of carbonyl (C=O) groups excluding carboxylic acids is 2. The van der Waals surface area contributed by atoms with Crippen LogP contribution in [0.15, 0.2) is 59.4 Å². The fourth-order valence-corrected chi connectivity index (χ4v) is 3.22. The van der Waals surface area contributed by atoms with E-state index in [2.05, 4.69) is 5.10 Å². The Morgan fingerprint density at radius 2 is 1.60 bits per heavy atom. The zero-order chi connectivity index (χ0) is 21.8. The van der Waals surface area contributed by atoms with Gasteiger partial charge in [0.25, 0.3) is 11.5 Å². The van der Waals surface area contributed by atoms with E-state index in [9.17, 15) is 14.4 Å². The summed E-state index contributed by atoms with van der Waals surface area (Å²) >= 11 is 0. The SMILES string of the molecule is CC(OC(=O)c1nn(C(C)C)c(=O)c2ccccc12)C(=O)N(C)Cc1ccccc1. The largest absolute Gasteiger partial charge is 0.448 e. The minimum atomic E-state index is -0.994. The summed E-state index contributed by atoms with van der Waals surface area (Å²) in [5.41, 5.74) is 0.719. The van der Waals surface area contributed by atoms with Gasteiger partial charge in [-0.25, -0.2) is 9.48 Å². The molecule has 0 saturated heterocycles. The van der Waals surface area contributed by atoms with Crippen molar-refractivity contribution in [3.63, 3.8) is 0 Å². The maximum Gasteiger partial charge on any atom is 0.360 e. The molecule has 0 N–H and O–H groups in total. The van der Waals surface area contributed by atoms with Crippen LogP contribution in [0.4, 0.5) is 0 Å². The van der Waals surface area contributed by atoms with E-state index in [1.165, 1.54) is 16.5 Å². The molecule has 7 heteroatoms. The summed E-state index contributed by atoms with van der Waals surface area (Å²) in [5, 5.41) is 5.02. The number of amides is 1. The lowest BCUT2D eigenvalue weighted by molar-refractivity contribution is -0.139. The van der Waals surface area contributed by atoms with Gasteiger partial charge in [-0.3, -0.25) is 9.59 Å². The fraction of sp³-hybridized carbons (Fsp3) is 0.304. The van der Waals surface area contributed by atoms with Crippen molar-refractivity contribution in [1.29, 1.82) is 0 Å². The van der Waals surface area contributed by atoms with Crippen LogP contribution >= 0.6 is 0 Å². The molecule has 0 fully saturated rings. The number of likely N-dealkylation sites (N-methyl/N-ethyl adjacent to an activating group) is 1. The minimum Gasteiger partial charge on any atom is -0.448 e. The monoisotopic (exact) mass is 407 g/mol. The molecule has 1 aromatic heterocycles. The molecule has 1 unspecified atom stereocenters. The van der Waals surface area contributed by atoms with Crippen LogP contribution in [-0.2, 0) is 16.1 Å². The zero-order valence-electron chi connectivity index (χ0n) is 17.5. The maximum absolute atomic E-state index is 12.9. The Hall–Kier alpha value is -3.48. The highest BCUT2D eigenvalue weighted by Crippen LogP contribution is 2.17. The number of ether oxygens (including phenoxy) is 1. The Bertz CT molecular complexity index is 1120. The Balaban J connectivity index is 1.83. The molecule has 156 valence electrons. The summed E-state index contributed by atoms with van der Waals surface area (Å²) in [7, 11) is 1.66. The molecule has 0 spiro atoms. The van der Waals surface area contributed by atoms with Crippen molar-refractivity contribution in [3.05, 3.63) is 76.2 Å². The van der Waals surface area contributed by atoms with Gasteiger partial charge in [0.05, 0.1) is 11.4 Å². The predicted octanol–water partition coefficient (Wildman–Crippen LogP) is 3.18. The average molecular weight is 407 g/mol. The summed E-state index contributed by atoms with van der Waals surface area (Å²) in [6.07, 6.45) is -0.994. The number of nitrogens with zero attached hydrogens (tertiary/aromatic N) is 3. The molecular weight excluding hydrogens is 382 g/mol. The first-order chi connectivity index (χ1) is 14.3. The molecule has 30 heavy (non-hydrogen) atoms. The van der Waals surface area contributed by atoms with E-state index in [-0.39, 0.29) is 23.2 Å². The molecule has 3 rings (SSSR count). The van der Waals surface area contributed by atoms with Gasteiger partial charge >= 0.3 is 5.97 Å². The summed E-state index contributed by atoms with van der Waals surface area (Å²) in [5.74, 6) is -1.07. The van der Waals surface area contributed by atoms with Crippen molar-refractivity contribution in [1.82, 2.24) is 14.7 Å².